The van der Waals surface area contributed by atoms with Gasteiger partial charge in [-0.2, -0.15) is 5.10 Å². The molecule has 4 rings (SSSR count). The Bertz CT molecular complexity index is 1360. The number of fused-ring (bicyclic) bond motifs is 1. The molecule has 0 saturated heterocycles. The number of benzene rings is 3. The fourth-order valence-corrected chi connectivity index (χ4v) is 4.93. The van der Waals surface area contributed by atoms with E-state index < -0.39 is 5.91 Å². The third-order valence-corrected chi connectivity index (χ3v) is 6.23. The minimum atomic E-state index is -0.438. The Labute approximate surface area is 223 Å². The fraction of sp³-hybridized carbons (Fsp3) is 0.120. The molecule has 0 radical (unpaired) electrons. The number of halogens is 3. The summed E-state index contributed by atoms with van der Waals surface area (Å²) in [7, 11) is 0. The lowest BCUT2D eigenvalue weighted by atomic mass is 10.2. The molecule has 1 N–H and O–H groups in total. The van der Waals surface area contributed by atoms with Crippen LogP contribution in [0.5, 0.6) is 11.5 Å². The molecular formula is C25H19BrClIN2O4. The molecule has 34 heavy (non-hydrogen) atoms. The van der Waals surface area contributed by atoms with Crippen molar-refractivity contribution >= 4 is 73.2 Å². The van der Waals surface area contributed by atoms with Gasteiger partial charge in [-0.1, -0.05) is 39.7 Å². The van der Waals surface area contributed by atoms with E-state index in [9.17, 15) is 4.79 Å². The molecule has 0 saturated carbocycles. The van der Waals surface area contributed by atoms with Gasteiger partial charge < -0.3 is 13.9 Å². The molecule has 6 nitrogen and oxygen atoms in total. The van der Waals surface area contributed by atoms with Crippen molar-refractivity contribution < 1.29 is 18.7 Å². The topological polar surface area (TPSA) is 73.1 Å². The molecule has 0 bridgehead atoms. The van der Waals surface area contributed by atoms with Crippen molar-refractivity contribution in [2.75, 3.05) is 6.61 Å². The zero-order valence-corrected chi connectivity index (χ0v) is 22.5. The van der Waals surface area contributed by atoms with Crippen LogP contribution in [0.15, 0.2) is 74.7 Å². The molecule has 0 spiro atoms. The summed E-state index contributed by atoms with van der Waals surface area (Å²) in [6, 6.07) is 18.4. The van der Waals surface area contributed by atoms with Gasteiger partial charge in [0, 0.05) is 14.9 Å². The van der Waals surface area contributed by atoms with Gasteiger partial charge in [-0.05, 0) is 89.2 Å². The lowest BCUT2D eigenvalue weighted by molar-refractivity contribution is 0.0929. The van der Waals surface area contributed by atoms with Gasteiger partial charge in [-0.25, -0.2) is 5.43 Å². The molecule has 4 aromatic rings. The minimum absolute atomic E-state index is 0.184. The Balaban J connectivity index is 1.43. The number of ether oxygens (including phenoxy) is 2. The second-order valence-electron chi connectivity index (χ2n) is 7.17. The molecule has 1 amide bonds. The van der Waals surface area contributed by atoms with Crippen molar-refractivity contribution in [1.82, 2.24) is 5.43 Å². The molecule has 0 fully saturated rings. The number of nitrogens with one attached hydrogen (secondary N) is 1. The minimum Gasteiger partial charge on any atom is -0.490 e. The Morgan fingerprint density at radius 3 is 2.68 bits per heavy atom. The molecule has 0 atom stereocenters. The van der Waals surface area contributed by atoms with Gasteiger partial charge in [0.05, 0.1) is 16.4 Å². The molecule has 0 aliphatic heterocycles. The van der Waals surface area contributed by atoms with E-state index in [1.165, 1.54) is 6.21 Å². The van der Waals surface area contributed by atoms with E-state index >= 15 is 0 Å². The number of hydrogen-bond acceptors (Lipinski definition) is 5. The highest BCUT2D eigenvalue weighted by molar-refractivity contribution is 14.1. The highest BCUT2D eigenvalue weighted by Crippen LogP contribution is 2.30. The number of carbonyl (C=O) groups excluding carboxylic acids is 1. The summed E-state index contributed by atoms with van der Waals surface area (Å²) in [6.07, 6.45) is 1.53. The molecule has 0 aliphatic rings. The second kappa shape index (κ2) is 11.2. The largest absolute Gasteiger partial charge is 0.490 e. The second-order valence-corrected chi connectivity index (χ2v) is 9.68. The first-order valence-corrected chi connectivity index (χ1v) is 12.5. The maximum Gasteiger partial charge on any atom is 0.307 e. The van der Waals surface area contributed by atoms with Crippen LogP contribution in [-0.4, -0.2) is 18.7 Å². The number of hydrazone groups is 1. The van der Waals surface area contributed by atoms with E-state index in [4.69, 9.17) is 25.5 Å². The molecule has 0 unspecified atom stereocenters. The average Bonchev–Trinajstić information content (AvgIpc) is 3.24. The van der Waals surface area contributed by atoms with Crippen molar-refractivity contribution in [2.45, 2.75) is 13.5 Å². The van der Waals surface area contributed by atoms with E-state index in [-0.39, 0.29) is 5.76 Å². The number of rotatable bonds is 8. The summed E-state index contributed by atoms with van der Waals surface area (Å²) in [5.41, 5.74) is 4.89. The molecular weight excluding hydrogens is 635 g/mol. The predicted molar refractivity (Wildman–Crippen MR) is 145 cm³/mol. The quantitative estimate of drug-likeness (QED) is 0.124. The molecule has 3 aromatic carbocycles. The Kier molecular flexibility index (Phi) is 8.12. The van der Waals surface area contributed by atoms with Crippen LogP contribution in [-0.2, 0) is 6.61 Å². The molecule has 9 heteroatoms. The summed E-state index contributed by atoms with van der Waals surface area (Å²) in [5.74, 6) is 0.946. The van der Waals surface area contributed by atoms with E-state index in [0.29, 0.717) is 35.3 Å². The smallest absolute Gasteiger partial charge is 0.307 e. The maximum atomic E-state index is 12.5. The number of hydrogen-bond donors (Lipinski definition) is 1. The van der Waals surface area contributed by atoms with Gasteiger partial charge in [0.2, 0.25) is 0 Å². The summed E-state index contributed by atoms with van der Waals surface area (Å²) in [6.45, 7) is 2.76. The summed E-state index contributed by atoms with van der Waals surface area (Å²) in [5, 5.41) is 5.57. The summed E-state index contributed by atoms with van der Waals surface area (Å²) in [4.78, 5) is 12.5. The van der Waals surface area contributed by atoms with Crippen LogP contribution in [0.4, 0.5) is 0 Å². The number of amides is 1. The van der Waals surface area contributed by atoms with Gasteiger partial charge >= 0.3 is 5.91 Å². The zero-order chi connectivity index (χ0) is 24.1. The first-order chi connectivity index (χ1) is 16.4. The molecule has 1 aromatic heterocycles. The first kappa shape index (κ1) is 24.6. The number of furan rings is 1. The van der Waals surface area contributed by atoms with E-state index in [1.807, 2.05) is 55.5 Å². The van der Waals surface area contributed by atoms with Crippen LogP contribution in [0.1, 0.15) is 28.6 Å². The van der Waals surface area contributed by atoms with Crippen LogP contribution >= 0.6 is 50.1 Å². The van der Waals surface area contributed by atoms with Crippen LogP contribution < -0.4 is 14.9 Å². The van der Waals surface area contributed by atoms with Crippen LogP contribution in [0.3, 0.4) is 0 Å². The van der Waals surface area contributed by atoms with E-state index in [1.54, 1.807) is 12.1 Å². The van der Waals surface area contributed by atoms with Crippen molar-refractivity contribution in [3.05, 3.63) is 90.6 Å². The molecule has 174 valence electrons. The van der Waals surface area contributed by atoms with Gasteiger partial charge in [0.1, 0.15) is 12.2 Å². The number of carbonyl (C=O) groups is 1. The first-order valence-electron chi connectivity index (χ1n) is 10.3. The SMILES string of the molecule is CCOc1cc(/C=N\NC(=O)c2cc3cc(Br)cc(I)c3o2)ccc1OCc1ccc(Cl)cc1. The summed E-state index contributed by atoms with van der Waals surface area (Å²) >= 11 is 11.5. The van der Waals surface area contributed by atoms with Gasteiger partial charge in [0.25, 0.3) is 0 Å². The van der Waals surface area contributed by atoms with E-state index in [0.717, 1.165) is 24.6 Å². The monoisotopic (exact) mass is 652 g/mol. The molecule has 1 heterocycles. The van der Waals surface area contributed by atoms with Gasteiger partial charge in [-0.3, -0.25) is 4.79 Å². The summed E-state index contributed by atoms with van der Waals surface area (Å²) < 4.78 is 19.2. The Morgan fingerprint density at radius 1 is 1.12 bits per heavy atom. The van der Waals surface area contributed by atoms with Crippen molar-refractivity contribution in [3.63, 3.8) is 0 Å². The fourth-order valence-electron chi connectivity index (χ4n) is 3.14. The normalized spacial score (nSPS) is 11.2. The lowest BCUT2D eigenvalue weighted by Gasteiger charge is -2.12. The number of nitrogens with zero attached hydrogens (tertiary/aromatic N) is 1. The zero-order valence-electron chi connectivity index (χ0n) is 18.0. The average molecular weight is 654 g/mol. The van der Waals surface area contributed by atoms with Crippen molar-refractivity contribution in [3.8, 4) is 11.5 Å². The molecule has 0 aliphatic carbocycles. The van der Waals surface area contributed by atoms with Crippen LogP contribution in [0.2, 0.25) is 5.02 Å². The lowest BCUT2D eigenvalue weighted by Crippen LogP contribution is -2.16. The van der Waals surface area contributed by atoms with Crippen molar-refractivity contribution in [2.24, 2.45) is 5.10 Å². The van der Waals surface area contributed by atoms with Crippen LogP contribution in [0, 0.1) is 3.57 Å². The third-order valence-electron chi connectivity index (χ3n) is 4.71. The van der Waals surface area contributed by atoms with Gasteiger partial charge in [-0.15, -0.1) is 0 Å². The maximum absolute atomic E-state index is 12.5. The van der Waals surface area contributed by atoms with E-state index in [2.05, 4.69) is 49.0 Å². The Morgan fingerprint density at radius 2 is 1.91 bits per heavy atom. The third kappa shape index (κ3) is 6.11. The highest BCUT2D eigenvalue weighted by Gasteiger charge is 2.14. The Hall–Kier alpha value is -2.56. The van der Waals surface area contributed by atoms with Gasteiger partial charge in [0.15, 0.2) is 17.3 Å². The highest BCUT2D eigenvalue weighted by atomic mass is 127. The van der Waals surface area contributed by atoms with Crippen LogP contribution in [0.25, 0.3) is 11.0 Å². The van der Waals surface area contributed by atoms with Crippen molar-refractivity contribution in [1.29, 1.82) is 0 Å². The standard InChI is InChI=1S/C25H19BrClIN2O4/c1-2-32-22-9-16(5-8-21(22)33-14-15-3-6-19(27)7-4-15)13-29-30-25(31)23-11-17-10-18(26)12-20(28)24(17)34-23/h3-13H,2,14H2,1H3,(H,30,31)/b29-13-. The predicted octanol–water partition coefficient (Wildman–Crippen LogP) is 7.19.